The molecule has 0 radical (unpaired) electrons. The molecule has 0 bridgehead atoms. The molecule has 0 N–H and O–H groups in total. The summed E-state index contributed by atoms with van der Waals surface area (Å²) in [6.45, 7) is 11.6. The van der Waals surface area contributed by atoms with E-state index in [2.05, 4.69) is 39.9 Å². The summed E-state index contributed by atoms with van der Waals surface area (Å²) in [6, 6.07) is 8.90. The van der Waals surface area contributed by atoms with Crippen LogP contribution in [0.25, 0.3) is 0 Å². The molecule has 0 amide bonds. The number of benzene rings is 1. The molecule has 2 atom stereocenters. The number of hydrogen-bond donors (Lipinski definition) is 0. The Bertz CT molecular complexity index is 679. The standard InChI is InChI=1S/C18H27N3O3Si/c1-18(2,3)25(4,5)24-15-12-14(10-11-19)20(13-15)16-8-6-7-9-17(16)21(22)23/h6-9,14-15H,10,12-13H2,1-5H3. The minimum absolute atomic E-state index is 0.000878. The molecule has 0 spiro atoms. The minimum Gasteiger partial charge on any atom is -0.412 e. The predicted molar refractivity (Wildman–Crippen MR) is 101 cm³/mol. The predicted octanol–water partition coefficient (Wildman–Crippen LogP) is 4.48. The van der Waals surface area contributed by atoms with Crippen molar-refractivity contribution < 1.29 is 9.35 Å². The first-order valence-electron chi connectivity index (χ1n) is 8.61. The van der Waals surface area contributed by atoms with Crippen LogP contribution in [0.3, 0.4) is 0 Å². The maximum Gasteiger partial charge on any atom is 0.292 e. The molecule has 1 aliphatic rings. The van der Waals surface area contributed by atoms with Crippen LogP contribution < -0.4 is 4.90 Å². The van der Waals surface area contributed by atoms with Gasteiger partial charge in [-0.3, -0.25) is 10.1 Å². The Labute approximate surface area is 150 Å². The van der Waals surface area contributed by atoms with E-state index >= 15 is 0 Å². The van der Waals surface area contributed by atoms with Crippen molar-refractivity contribution in [3.63, 3.8) is 0 Å². The van der Waals surface area contributed by atoms with Gasteiger partial charge in [-0.1, -0.05) is 32.9 Å². The molecule has 0 saturated carbocycles. The van der Waals surface area contributed by atoms with Gasteiger partial charge in [0.2, 0.25) is 0 Å². The van der Waals surface area contributed by atoms with Gasteiger partial charge < -0.3 is 9.33 Å². The second-order valence-corrected chi connectivity index (χ2v) is 12.9. The van der Waals surface area contributed by atoms with Gasteiger partial charge in [-0.2, -0.15) is 5.26 Å². The summed E-state index contributed by atoms with van der Waals surface area (Å²) in [5.41, 5.74) is 0.660. The highest BCUT2D eigenvalue weighted by Crippen LogP contribution is 2.41. The highest BCUT2D eigenvalue weighted by molar-refractivity contribution is 6.74. The van der Waals surface area contributed by atoms with E-state index in [4.69, 9.17) is 4.43 Å². The van der Waals surface area contributed by atoms with E-state index in [1.807, 2.05) is 4.90 Å². The second-order valence-electron chi connectivity index (χ2n) is 8.15. The van der Waals surface area contributed by atoms with E-state index in [0.717, 1.165) is 6.42 Å². The number of hydrogen-bond acceptors (Lipinski definition) is 5. The van der Waals surface area contributed by atoms with Crippen molar-refractivity contribution in [3.05, 3.63) is 34.4 Å². The van der Waals surface area contributed by atoms with Gasteiger partial charge in [0, 0.05) is 18.7 Å². The van der Waals surface area contributed by atoms with Gasteiger partial charge in [0.1, 0.15) is 5.69 Å². The fraction of sp³-hybridized carbons (Fsp3) is 0.611. The number of nitriles is 1. The van der Waals surface area contributed by atoms with E-state index in [9.17, 15) is 15.4 Å². The first-order chi connectivity index (χ1) is 11.6. The summed E-state index contributed by atoms with van der Waals surface area (Å²) in [5.74, 6) is 0. The Morgan fingerprint density at radius 1 is 1.40 bits per heavy atom. The molecule has 1 aliphatic heterocycles. The van der Waals surface area contributed by atoms with Gasteiger partial charge in [0.25, 0.3) is 5.69 Å². The first kappa shape index (κ1) is 19.4. The summed E-state index contributed by atoms with van der Waals surface area (Å²) in [7, 11) is -1.93. The molecule has 0 aliphatic carbocycles. The topological polar surface area (TPSA) is 79.4 Å². The number of nitrogens with zero attached hydrogens (tertiary/aromatic N) is 3. The van der Waals surface area contributed by atoms with Crippen LogP contribution in [-0.4, -0.2) is 31.9 Å². The maximum atomic E-state index is 11.4. The fourth-order valence-electron chi connectivity index (χ4n) is 3.01. The molecular weight excluding hydrogens is 334 g/mol. The fourth-order valence-corrected chi connectivity index (χ4v) is 4.37. The molecule has 6 nitrogen and oxygen atoms in total. The molecule has 1 aromatic rings. The number of nitro benzene ring substituents is 1. The summed E-state index contributed by atoms with van der Waals surface area (Å²) in [5, 5.41) is 20.7. The third kappa shape index (κ3) is 4.20. The average Bonchev–Trinajstić information content (AvgIpc) is 2.88. The van der Waals surface area contributed by atoms with Crippen molar-refractivity contribution in [1.29, 1.82) is 5.26 Å². The Hall–Kier alpha value is -1.91. The van der Waals surface area contributed by atoms with Crippen LogP contribution >= 0.6 is 0 Å². The van der Waals surface area contributed by atoms with E-state index in [-0.39, 0.29) is 27.8 Å². The van der Waals surface area contributed by atoms with E-state index in [0.29, 0.717) is 18.7 Å². The zero-order valence-electron chi connectivity index (χ0n) is 15.7. The minimum atomic E-state index is -1.93. The highest BCUT2D eigenvalue weighted by atomic mass is 28.4. The normalized spacial score (nSPS) is 21.2. The van der Waals surface area contributed by atoms with E-state index < -0.39 is 8.32 Å². The Morgan fingerprint density at radius 3 is 2.60 bits per heavy atom. The lowest BCUT2D eigenvalue weighted by Crippen LogP contribution is -2.44. The SMILES string of the molecule is CC(C)(C)[Si](C)(C)OC1CC(CC#N)N(c2ccccc2[N+](=O)[O-])C1. The van der Waals surface area contributed by atoms with Gasteiger partial charge in [0.05, 0.1) is 23.5 Å². The molecule has 2 rings (SSSR count). The molecule has 1 aromatic carbocycles. The van der Waals surface area contributed by atoms with Crippen LogP contribution in [0, 0.1) is 21.4 Å². The smallest absolute Gasteiger partial charge is 0.292 e. The molecule has 136 valence electrons. The molecule has 0 aromatic heterocycles. The lowest BCUT2D eigenvalue weighted by atomic mass is 10.1. The lowest BCUT2D eigenvalue weighted by molar-refractivity contribution is -0.384. The van der Waals surface area contributed by atoms with Gasteiger partial charge in [0.15, 0.2) is 8.32 Å². The molecular formula is C18H27N3O3Si. The molecule has 7 heteroatoms. The largest absolute Gasteiger partial charge is 0.412 e. The van der Waals surface area contributed by atoms with Crippen molar-refractivity contribution in [2.75, 3.05) is 11.4 Å². The van der Waals surface area contributed by atoms with Gasteiger partial charge in [-0.15, -0.1) is 0 Å². The van der Waals surface area contributed by atoms with Crippen molar-refractivity contribution in [2.24, 2.45) is 0 Å². The monoisotopic (exact) mass is 361 g/mol. The quantitative estimate of drug-likeness (QED) is 0.439. The van der Waals surface area contributed by atoms with Crippen molar-refractivity contribution in [1.82, 2.24) is 0 Å². The number of anilines is 1. The van der Waals surface area contributed by atoms with Crippen LogP contribution in [-0.2, 0) is 4.43 Å². The van der Waals surface area contributed by atoms with Gasteiger partial charge >= 0.3 is 0 Å². The molecule has 1 fully saturated rings. The Balaban J connectivity index is 2.28. The van der Waals surface area contributed by atoms with Crippen molar-refractivity contribution >= 4 is 19.7 Å². The average molecular weight is 362 g/mol. The van der Waals surface area contributed by atoms with Crippen LogP contribution in [0.15, 0.2) is 24.3 Å². The Morgan fingerprint density at radius 2 is 2.04 bits per heavy atom. The zero-order chi connectivity index (χ0) is 18.8. The number of rotatable bonds is 5. The summed E-state index contributed by atoms with van der Waals surface area (Å²) in [4.78, 5) is 13.0. The molecule has 25 heavy (non-hydrogen) atoms. The third-order valence-corrected chi connectivity index (χ3v) is 9.89. The van der Waals surface area contributed by atoms with Crippen LogP contribution in [0.2, 0.25) is 18.1 Å². The van der Waals surface area contributed by atoms with Crippen LogP contribution in [0.5, 0.6) is 0 Å². The second kappa shape index (κ2) is 7.14. The van der Waals surface area contributed by atoms with Crippen LogP contribution in [0.1, 0.15) is 33.6 Å². The highest BCUT2D eigenvalue weighted by Gasteiger charge is 2.43. The molecule has 1 saturated heterocycles. The summed E-state index contributed by atoms with van der Waals surface area (Å²) < 4.78 is 6.51. The van der Waals surface area contributed by atoms with Crippen LogP contribution in [0.4, 0.5) is 11.4 Å². The first-order valence-corrected chi connectivity index (χ1v) is 11.5. The van der Waals surface area contributed by atoms with Crippen molar-refractivity contribution in [2.45, 2.75) is 63.9 Å². The lowest BCUT2D eigenvalue weighted by Gasteiger charge is -2.38. The maximum absolute atomic E-state index is 11.4. The summed E-state index contributed by atoms with van der Waals surface area (Å²) in [6.07, 6.45) is 1.06. The summed E-state index contributed by atoms with van der Waals surface area (Å²) >= 11 is 0. The Kier molecular flexibility index (Phi) is 5.54. The number of nitro groups is 1. The molecule has 2 unspecified atom stereocenters. The van der Waals surface area contributed by atoms with E-state index in [1.165, 1.54) is 6.07 Å². The van der Waals surface area contributed by atoms with Gasteiger partial charge in [-0.05, 0) is 30.6 Å². The van der Waals surface area contributed by atoms with Crippen molar-refractivity contribution in [3.8, 4) is 6.07 Å². The van der Waals surface area contributed by atoms with E-state index in [1.54, 1.807) is 18.2 Å². The third-order valence-electron chi connectivity index (χ3n) is 5.36. The number of para-hydroxylation sites is 2. The zero-order valence-corrected chi connectivity index (χ0v) is 16.7. The van der Waals surface area contributed by atoms with Gasteiger partial charge in [-0.25, -0.2) is 0 Å². The molecule has 1 heterocycles.